The van der Waals surface area contributed by atoms with Crippen molar-refractivity contribution in [3.63, 3.8) is 0 Å². The van der Waals surface area contributed by atoms with Gasteiger partial charge in [0.15, 0.2) is 0 Å². The zero-order chi connectivity index (χ0) is 22.3. The van der Waals surface area contributed by atoms with Gasteiger partial charge in [-0.3, -0.25) is 14.7 Å². The fourth-order valence-electron chi connectivity index (χ4n) is 4.48. The monoisotopic (exact) mass is 443 g/mol. The topological polar surface area (TPSA) is 83.9 Å². The number of ether oxygens (including phenoxy) is 2. The number of pyridine rings is 1. The lowest BCUT2D eigenvalue weighted by Gasteiger charge is -2.44. The Labute approximate surface area is 187 Å². The van der Waals surface area contributed by atoms with Crippen molar-refractivity contribution < 1.29 is 23.8 Å². The van der Waals surface area contributed by atoms with E-state index >= 15 is 0 Å². The number of benzene rings is 1. The zero-order valence-corrected chi connectivity index (χ0v) is 18.0. The maximum absolute atomic E-state index is 13.7. The highest BCUT2D eigenvalue weighted by Crippen LogP contribution is 2.28. The second kappa shape index (κ2) is 11.0. The Morgan fingerprint density at radius 2 is 2.03 bits per heavy atom. The molecular weight excluding hydrogens is 413 g/mol. The zero-order valence-electron chi connectivity index (χ0n) is 18.0. The van der Waals surface area contributed by atoms with Crippen molar-refractivity contribution in [3.05, 3.63) is 65.7 Å². The average Bonchev–Trinajstić information content (AvgIpc) is 2.77. The lowest BCUT2D eigenvalue weighted by atomic mass is 9.94. The summed E-state index contributed by atoms with van der Waals surface area (Å²) in [5, 5.41) is 13.2. The van der Waals surface area contributed by atoms with Gasteiger partial charge in [-0.05, 0) is 48.2 Å². The number of rotatable bonds is 6. The van der Waals surface area contributed by atoms with Crippen LogP contribution in [0, 0.1) is 5.82 Å². The molecule has 8 heteroatoms. The van der Waals surface area contributed by atoms with Gasteiger partial charge in [0.1, 0.15) is 5.82 Å². The minimum absolute atomic E-state index is 0.0318. The molecule has 2 N–H and O–H groups in total. The summed E-state index contributed by atoms with van der Waals surface area (Å²) in [5.74, 6) is -0.322. The Hall–Kier alpha value is -2.39. The lowest BCUT2D eigenvalue weighted by molar-refractivity contribution is -0.158. The van der Waals surface area contributed by atoms with E-state index in [1.54, 1.807) is 18.5 Å². The number of halogens is 1. The smallest absolute Gasteiger partial charge is 0.222 e. The SMILES string of the molecule is O=C(C[C@H]1CC[C@@H]2[C@H](COC[C@@H](O)CN2Cc2cccc(F)c2)O1)NCc1ccncc1. The standard InChI is InChI=1S/C24H30FN3O4/c25-19-3-1-2-18(10-19)13-28-14-20(29)15-31-16-23-22(28)5-4-21(32-23)11-24(30)27-12-17-6-8-26-9-7-17/h1-3,6-10,20-23,29H,4-5,11-16H2,(H,27,30)/t20-,21+,22+,23-/m0/s1. The predicted molar refractivity (Wildman–Crippen MR) is 116 cm³/mol. The van der Waals surface area contributed by atoms with E-state index in [-0.39, 0.29) is 36.6 Å². The van der Waals surface area contributed by atoms with E-state index in [1.807, 2.05) is 18.2 Å². The summed E-state index contributed by atoms with van der Waals surface area (Å²) in [6.07, 6.45) is 4.25. The molecule has 0 radical (unpaired) electrons. The van der Waals surface area contributed by atoms with Crippen molar-refractivity contribution in [1.82, 2.24) is 15.2 Å². The van der Waals surface area contributed by atoms with Crippen molar-refractivity contribution >= 4 is 5.91 Å². The molecule has 2 aromatic rings. The fraction of sp³-hybridized carbons (Fsp3) is 0.500. The quantitative estimate of drug-likeness (QED) is 0.711. The van der Waals surface area contributed by atoms with E-state index in [0.29, 0.717) is 32.7 Å². The molecule has 0 bridgehead atoms. The number of β-amino-alcohol motifs (C(OH)–C–C–N with tert-alkyl or cyclic N) is 1. The molecule has 2 fully saturated rings. The maximum atomic E-state index is 13.7. The van der Waals surface area contributed by atoms with Crippen molar-refractivity contribution in [3.8, 4) is 0 Å². The molecule has 32 heavy (non-hydrogen) atoms. The molecular formula is C24H30FN3O4. The maximum Gasteiger partial charge on any atom is 0.222 e. The Bertz CT molecular complexity index is 885. The van der Waals surface area contributed by atoms with Gasteiger partial charge >= 0.3 is 0 Å². The molecule has 3 heterocycles. The van der Waals surface area contributed by atoms with E-state index in [9.17, 15) is 14.3 Å². The molecule has 7 nitrogen and oxygen atoms in total. The lowest BCUT2D eigenvalue weighted by Crippen LogP contribution is -2.55. The van der Waals surface area contributed by atoms with Crippen LogP contribution in [0.1, 0.15) is 30.4 Å². The summed E-state index contributed by atoms with van der Waals surface area (Å²) in [6.45, 7) is 2.00. The molecule has 1 amide bonds. The normalized spacial score (nSPS) is 26.6. The average molecular weight is 444 g/mol. The first-order valence-electron chi connectivity index (χ1n) is 11.1. The molecule has 2 aliphatic rings. The Kier molecular flexibility index (Phi) is 7.81. The number of aromatic nitrogens is 1. The van der Waals surface area contributed by atoms with Crippen LogP contribution in [-0.4, -0.2) is 65.0 Å². The van der Waals surface area contributed by atoms with Gasteiger partial charge in [0, 0.05) is 38.1 Å². The number of carbonyl (C=O) groups excluding carboxylic acids is 1. The summed E-state index contributed by atoms with van der Waals surface area (Å²) in [4.78, 5) is 18.6. The first-order chi connectivity index (χ1) is 15.6. The van der Waals surface area contributed by atoms with E-state index in [4.69, 9.17) is 9.47 Å². The van der Waals surface area contributed by atoms with Crippen LogP contribution in [0.4, 0.5) is 4.39 Å². The molecule has 0 unspecified atom stereocenters. The number of nitrogens with zero attached hydrogens (tertiary/aromatic N) is 2. The van der Waals surface area contributed by atoms with Gasteiger partial charge in [0.05, 0.1) is 37.9 Å². The van der Waals surface area contributed by atoms with Crippen molar-refractivity contribution in [2.75, 3.05) is 19.8 Å². The number of fused-ring (bicyclic) bond motifs is 1. The number of aliphatic hydroxyl groups is 1. The fourth-order valence-corrected chi connectivity index (χ4v) is 4.48. The minimum atomic E-state index is -0.610. The highest BCUT2D eigenvalue weighted by Gasteiger charge is 2.38. The van der Waals surface area contributed by atoms with Crippen molar-refractivity contribution in [2.24, 2.45) is 0 Å². The van der Waals surface area contributed by atoms with Crippen molar-refractivity contribution in [2.45, 2.75) is 56.7 Å². The number of nitrogens with one attached hydrogen (secondary N) is 1. The number of amides is 1. The highest BCUT2D eigenvalue weighted by atomic mass is 19.1. The number of aliphatic hydroxyl groups excluding tert-OH is 1. The summed E-state index contributed by atoms with van der Waals surface area (Å²) in [5.41, 5.74) is 1.85. The van der Waals surface area contributed by atoms with Gasteiger partial charge in [0.25, 0.3) is 0 Å². The van der Waals surface area contributed by atoms with Crippen LogP contribution in [0.3, 0.4) is 0 Å². The second-order valence-corrected chi connectivity index (χ2v) is 8.53. The number of hydrogen-bond acceptors (Lipinski definition) is 6. The molecule has 0 saturated carbocycles. The Balaban J connectivity index is 1.35. The van der Waals surface area contributed by atoms with Crippen LogP contribution in [0.25, 0.3) is 0 Å². The van der Waals surface area contributed by atoms with Crippen LogP contribution < -0.4 is 5.32 Å². The summed E-state index contributed by atoms with van der Waals surface area (Å²) < 4.78 is 25.6. The van der Waals surface area contributed by atoms with E-state index in [2.05, 4.69) is 15.2 Å². The van der Waals surface area contributed by atoms with Crippen molar-refractivity contribution in [1.29, 1.82) is 0 Å². The van der Waals surface area contributed by atoms with E-state index in [1.165, 1.54) is 12.1 Å². The molecule has 2 aliphatic heterocycles. The summed E-state index contributed by atoms with van der Waals surface area (Å²) >= 11 is 0. The van der Waals surface area contributed by atoms with Crippen LogP contribution in [0.2, 0.25) is 0 Å². The Morgan fingerprint density at radius 3 is 2.84 bits per heavy atom. The molecule has 1 aromatic heterocycles. The van der Waals surface area contributed by atoms with Crippen LogP contribution in [0.5, 0.6) is 0 Å². The largest absolute Gasteiger partial charge is 0.389 e. The van der Waals surface area contributed by atoms with Gasteiger partial charge in [-0.15, -0.1) is 0 Å². The molecule has 172 valence electrons. The molecule has 2 saturated heterocycles. The first kappa shape index (κ1) is 22.8. The van der Waals surface area contributed by atoms with E-state index in [0.717, 1.165) is 24.0 Å². The summed E-state index contributed by atoms with van der Waals surface area (Å²) in [7, 11) is 0. The molecule has 1 aromatic carbocycles. The Morgan fingerprint density at radius 1 is 1.19 bits per heavy atom. The molecule has 0 spiro atoms. The number of carbonyl (C=O) groups is 1. The third-order valence-corrected chi connectivity index (χ3v) is 6.01. The van der Waals surface area contributed by atoms with E-state index < -0.39 is 6.10 Å². The highest BCUT2D eigenvalue weighted by molar-refractivity contribution is 5.76. The van der Waals surface area contributed by atoms with Gasteiger partial charge in [-0.25, -0.2) is 4.39 Å². The van der Waals surface area contributed by atoms with Gasteiger partial charge in [-0.2, -0.15) is 0 Å². The van der Waals surface area contributed by atoms with Gasteiger partial charge in [-0.1, -0.05) is 12.1 Å². The predicted octanol–water partition coefficient (Wildman–Crippen LogP) is 2.04. The van der Waals surface area contributed by atoms with Gasteiger partial charge < -0.3 is 19.9 Å². The molecule has 4 atom stereocenters. The van der Waals surface area contributed by atoms with Crippen LogP contribution >= 0.6 is 0 Å². The van der Waals surface area contributed by atoms with Gasteiger partial charge in [0.2, 0.25) is 5.91 Å². The molecule has 4 rings (SSSR count). The third kappa shape index (κ3) is 6.32. The third-order valence-electron chi connectivity index (χ3n) is 6.01. The molecule has 0 aliphatic carbocycles. The second-order valence-electron chi connectivity index (χ2n) is 8.53. The first-order valence-corrected chi connectivity index (χ1v) is 11.1. The summed E-state index contributed by atoms with van der Waals surface area (Å²) in [6, 6.07) is 10.3. The minimum Gasteiger partial charge on any atom is -0.389 e. The van der Waals surface area contributed by atoms with Crippen LogP contribution in [-0.2, 0) is 27.4 Å². The van der Waals surface area contributed by atoms with Crippen LogP contribution in [0.15, 0.2) is 48.8 Å². The number of hydrogen-bond donors (Lipinski definition) is 2.